The van der Waals surface area contributed by atoms with Gasteiger partial charge in [0.1, 0.15) is 6.04 Å². The van der Waals surface area contributed by atoms with E-state index in [0.29, 0.717) is 0 Å². The van der Waals surface area contributed by atoms with Crippen LogP contribution in [0.1, 0.15) is 11.6 Å². The van der Waals surface area contributed by atoms with Crippen molar-refractivity contribution in [3.63, 3.8) is 0 Å². The van der Waals surface area contributed by atoms with Crippen molar-refractivity contribution in [2.75, 3.05) is 10.6 Å². The van der Waals surface area contributed by atoms with Gasteiger partial charge in [-0.25, -0.2) is 0 Å². The maximum atomic E-state index is 13.2. The van der Waals surface area contributed by atoms with E-state index in [1.54, 1.807) is 0 Å². The quantitative estimate of drug-likeness (QED) is 0.387. The Morgan fingerprint density at radius 2 is 1.67 bits per heavy atom. The van der Waals surface area contributed by atoms with Gasteiger partial charge < -0.3 is 15.6 Å². The summed E-state index contributed by atoms with van der Waals surface area (Å²) in [5.74, 6) is -0.116. The van der Waals surface area contributed by atoms with E-state index in [-0.39, 0.29) is 5.91 Å². The van der Waals surface area contributed by atoms with Gasteiger partial charge in [0, 0.05) is 27.3 Å². The molecule has 3 N–H and O–H groups in total. The Kier molecular flexibility index (Phi) is 4.94. The maximum Gasteiger partial charge on any atom is 0.251 e. The van der Waals surface area contributed by atoms with Crippen LogP contribution in [0.25, 0.3) is 10.9 Å². The molecule has 4 rings (SSSR count). The SMILES string of the molecule is O=C(Nc1cccc2[nH]ccc12)[C@@H](Nc1ccccc1)c1ccc(Br)cc1. The maximum absolute atomic E-state index is 13.2. The van der Waals surface area contributed by atoms with Crippen molar-refractivity contribution >= 4 is 44.1 Å². The molecule has 4 aromatic rings. The van der Waals surface area contributed by atoms with Gasteiger partial charge in [-0.1, -0.05) is 52.3 Å². The average molecular weight is 420 g/mol. The summed E-state index contributed by atoms with van der Waals surface area (Å²) in [6.07, 6.45) is 1.87. The monoisotopic (exact) mass is 419 g/mol. The summed E-state index contributed by atoms with van der Waals surface area (Å²) >= 11 is 3.45. The molecule has 5 heteroatoms. The number of nitrogens with one attached hydrogen (secondary N) is 3. The van der Waals surface area contributed by atoms with E-state index in [4.69, 9.17) is 0 Å². The highest BCUT2D eigenvalue weighted by atomic mass is 79.9. The molecule has 0 aliphatic carbocycles. The zero-order valence-electron chi connectivity index (χ0n) is 14.4. The van der Waals surface area contributed by atoms with Gasteiger partial charge in [0.2, 0.25) is 0 Å². The number of para-hydroxylation sites is 1. The van der Waals surface area contributed by atoms with Gasteiger partial charge in [0.15, 0.2) is 0 Å². The van der Waals surface area contributed by atoms with Crippen molar-refractivity contribution in [2.45, 2.75) is 6.04 Å². The lowest BCUT2D eigenvalue weighted by Crippen LogP contribution is -2.27. The molecule has 0 aliphatic rings. The normalized spacial score (nSPS) is 11.9. The minimum absolute atomic E-state index is 0.116. The zero-order chi connectivity index (χ0) is 18.6. The molecule has 0 saturated heterocycles. The lowest BCUT2D eigenvalue weighted by atomic mass is 10.1. The third-order valence-electron chi connectivity index (χ3n) is 4.40. The number of H-pyrrole nitrogens is 1. The molecule has 1 amide bonds. The van der Waals surface area contributed by atoms with E-state index in [0.717, 1.165) is 32.3 Å². The fourth-order valence-corrected chi connectivity index (χ4v) is 3.32. The number of fused-ring (bicyclic) bond motifs is 1. The predicted octanol–water partition coefficient (Wildman–Crippen LogP) is 5.72. The van der Waals surface area contributed by atoms with E-state index >= 15 is 0 Å². The second-order valence-corrected chi connectivity index (χ2v) is 7.14. The fourth-order valence-electron chi connectivity index (χ4n) is 3.06. The molecule has 134 valence electrons. The van der Waals surface area contributed by atoms with Crippen molar-refractivity contribution in [2.24, 2.45) is 0 Å². The molecule has 4 nitrogen and oxygen atoms in total. The molecular weight excluding hydrogens is 402 g/mol. The number of aromatic amines is 1. The molecule has 3 aromatic carbocycles. The van der Waals surface area contributed by atoms with Gasteiger partial charge in [-0.15, -0.1) is 0 Å². The number of hydrogen-bond acceptors (Lipinski definition) is 2. The van der Waals surface area contributed by atoms with Crippen LogP contribution in [0.4, 0.5) is 11.4 Å². The Morgan fingerprint density at radius 1 is 0.889 bits per heavy atom. The van der Waals surface area contributed by atoms with Crippen molar-refractivity contribution < 1.29 is 4.79 Å². The molecule has 1 atom stereocenters. The highest BCUT2D eigenvalue weighted by Crippen LogP contribution is 2.26. The lowest BCUT2D eigenvalue weighted by molar-refractivity contribution is -0.117. The summed E-state index contributed by atoms with van der Waals surface area (Å²) < 4.78 is 0.974. The molecule has 1 aromatic heterocycles. The lowest BCUT2D eigenvalue weighted by Gasteiger charge is -2.20. The molecule has 0 radical (unpaired) electrons. The van der Waals surface area contributed by atoms with Gasteiger partial charge >= 0.3 is 0 Å². The topological polar surface area (TPSA) is 56.9 Å². The van der Waals surface area contributed by atoms with Crippen molar-refractivity contribution in [3.05, 3.63) is 95.1 Å². The summed E-state index contributed by atoms with van der Waals surface area (Å²) in [4.78, 5) is 16.3. The number of rotatable bonds is 5. The van der Waals surface area contributed by atoms with Crippen LogP contribution in [0.2, 0.25) is 0 Å². The second kappa shape index (κ2) is 7.68. The van der Waals surface area contributed by atoms with Crippen LogP contribution in [0.3, 0.4) is 0 Å². The van der Waals surface area contributed by atoms with E-state index < -0.39 is 6.04 Å². The smallest absolute Gasteiger partial charge is 0.251 e. The Hall–Kier alpha value is -3.05. The van der Waals surface area contributed by atoms with Crippen LogP contribution < -0.4 is 10.6 Å². The van der Waals surface area contributed by atoms with Gasteiger partial charge in [-0.3, -0.25) is 4.79 Å². The van der Waals surface area contributed by atoms with Gasteiger partial charge in [-0.05, 0) is 48.0 Å². The third kappa shape index (κ3) is 3.88. The molecule has 0 spiro atoms. The first-order valence-electron chi connectivity index (χ1n) is 8.65. The highest BCUT2D eigenvalue weighted by Gasteiger charge is 2.21. The Bertz CT molecular complexity index is 1060. The summed E-state index contributed by atoms with van der Waals surface area (Å²) in [5.41, 5.74) is 3.56. The molecule has 0 unspecified atom stereocenters. The summed E-state index contributed by atoms with van der Waals surface area (Å²) in [6, 6.07) is 24.8. The Balaban J connectivity index is 1.65. The minimum atomic E-state index is -0.519. The predicted molar refractivity (Wildman–Crippen MR) is 114 cm³/mol. The zero-order valence-corrected chi connectivity index (χ0v) is 16.0. The average Bonchev–Trinajstić information content (AvgIpc) is 3.18. The largest absolute Gasteiger partial charge is 0.370 e. The molecule has 0 fully saturated rings. The van der Waals surface area contributed by atoms with E-state index in [1.165, 1.54) is 0 Å². The standard InChI is InChI=1S/C22H18BrN3O/c23-16-11-9-15(10-12-16)21(25-17-5-2-1-3-6-17)22(27)26-20-8-4-7-19-18(20)13-14-24-19/h1-14,21,24-25H,(H,26,27)/t21-/m0/s1. The number of carbonyl (C=O) groups excluding carboxylic acids is 1. The van der Waals surface area contributed by atoms with E-state index in [1.807, 2.05) is 85.1 Å². The molecule has 27 heavy (non-hydrogen) atoms. The molecule has 0 saturated carbocycles. The van der Waals surface area contributed by atoms with Crippen molar-refractivity contribution in [3.8, 4) is 0 Å². The van der Waals surface area contributed by atoms with Crippen LogP contribution in [-0.2, 0) is 4.79 Å². The van der Waals surface area contributed by atoms with E-state index in [9.17, 15) is 4.79 Å². The second-order valence-electron chi connectivity index (χ2n) is 6.23. The first kappa shape index (κ1) is 17.4. The Morgan fingerprint density at radius 3 is 2.44 bits per heavy atom. The van der Waals surface area contributed by atoms with Gasteiger partial charge in [0.25, 0.3) is 5.91 Å². The number of benzene rings is 3. The number of halogens is 1. The van der Waals surface area contributed by atoms with Gasteiger partial charge in [0.05, 0.1) is 5.69 Å². The first-order chi connectivity index (χ1) is 13.2. The number of amides is 1. The van der Waals surface area contributed by atoms with Crippen molar-refractivity contribution in [1.29, 1.82) is 0 Å². The number of anilines is 2. The van der Waals surface area contributed by atoms with Crippen LogP contribution in [0.5, 0.6) is 0 Å². The summed E-state index contributed by atoms with van der Waals surface area (Å²) in [7, 11) is 0. The molecule has 0 aliphatic heterocycles. The van der Waals surface area contributed by atoms with Gasteiger partial charge in [-0.2, -0.15) is 0 Å². The molecule has 0 bridgehead atoms. The number of aromatic nitrogens is 1. The highest BCUT2D eigenvalue weighted by molar-refractivity contribution is 9.10. The van der Waals surface area contributed by atoms with Crippen LogP contribution >= 0.6 is 15.9 Å². The van der Waals surface area contributed by atoms with Crippen molar-refractivity contribution in [1.82, 2.24) is 4.98 Å². The van der Waals surface area contributed by atoms with Crippen LogP contribution in [0.15, 0.2) is 89.5 Å². The fraction of sp³-hybridized carbons (Fsp3) is 0.0455. The van der Waals surface area contributed by atoms with Crippen LogP contribution in [0, 0.1) is 0 Å². The van der Waals surface area contributed by atoms with E-state index in [2.05, 4.69) is 31.5 Å². The van der Waals surface area contributed by atoms with Crippen LogP contribution in [-0.4, -0.2) is 10.9 Å². The number of hydrogen-bond donors (Lipinski definition) is 3. The third-order valence-corrected chi connectivity index (χ3v) is 4.93. The Labute approximate surface area is 165 Å². The summed E-state index contributed by atoms with van der Waals surface area (Å²) in [5, 5.41) is 7.40. The molecule has 1 heterocycles. The minimum Gasteiger partial charge on any atom is -0.370 e. The first-order valence-corrected chi connectivity index (χ1v) is 9.44. The summed E-state index contributed by atoms with van der Waals surface area (Å²) in [6.45, 7) is 0. The molecular formula is C22H18BrN3O. The number of carbonyl (C=O) groups is 1.